The van der Waals surface area contributed by atoms with Crippen molar-refractivity contribution in [2.24, 2.45) is 5.92 Å². The first-order valence-electron chi connectivity index (χ1n) is 13.8. The number of rotatable bonds is 9. The van der Waals surface area contributed by atoms with Crippen molar-refractivity contribution in [1.82, 2.24) is 4.98 Å². The molecule has 2 N–H and O–H groups in total. The van der Waals surface area contributed by atoms with E-state index >= 15 is 0 Å². The van der Waals surface area contributed by atoms with Crippen LogP contribution in [0.1, 0.15) is 36.8 Å². The zero-order valence-electron chi connectivity index (χ0n) is 23.0. The van der Waals surface area contributed by atoms with Crippen LogP contribution in [0.25, 0.3) is 20.8 Å². The van der Waals surface area contributed by atoms with Gasteiger partial charge in [0.2, 0.25) is 13.1 Å². The number of benzene rings is 3. The summed E-state index contributed by atoms with van der Waals surface area (Å²) in [6, 6.07) is 19.7. The zero-order valence-corrected chi connectivity index (χ0v) is 23.8. The largest absolute Gasteiger partial charge is 0.459 e. The number of aliphatic hydroxyl groups excluding tert-OH is 1. The van der Waals surface area contributed by atoms with Crippen molar-refractivity contribution in [3.8, 4) is 22.1 Å². The van der Waals surface area contributed by atoms with Crippen LogP contribution in [0.3, 0.4) is 0 Å². The topological polar surface area (TPSA) is 99.1 Å². The second-order valence-corrected chi connectivity index (χ2v) is 11.2. The number of allylic oxidation sites excluding steroid dienone is 1. The van der Waals surface area contributed by atoms with Crippen LogP contribution in [-0.2, 0) is 14.3 Å². The Morgan fingerprint density at radius 2 is 1.93 bits per heavy atom. The van der Waals surface area contributed by atoms with E-state index < -0.39 is 6.29 Å². The Bertz CT molecular complexity index is 1580. The Kier molecular flexibility index (Phi) is 7.91. The normalized spacial score (nSPS) is 19.6. The fourth-order valence-electron chi connectivity index (χ4n) is 5.31. The van der Waals surface area contributed by atoms with Gasteiger partial charge in [-0.3, -0.25) is 4.79 Å². The molecule has 41 heavy (non-hydrogen) atoms. The fourth-order valence-corrected chi connectivity index (χ4v) is 6.38. The number of aryl methyl sites for hydroxylation is 1. The number of aromatic nitrogens is 1. The van der Waals surface area contributed by atoms with Crippen molar-refractivity contribution in [2.45, 2.75) is 38.9 Å². The van der Waals surface area contributed by atoms with Crippen LogP contribution >= 0.6 is 11.3 Å². The maximum atomic E-state index is 13.5. The first kappa shape index (κ1) is 27.3. The molecule has 1 aromatic heterocycles. The average molecular weight is 573 g/mol. The minimum Gasteiger partial charge on any atom is -0.459 e. The summed E-state index contributed by atoms with van der Waals surface area (Å²) < 4.78 is 24.4. The van der Waals surface area contributed by atoms with Crippen molar-refractivity contribution in [3.63, 3.8) is 0 Å². The van der Waals surface area contributed by atoms with Crippen molar-refractivity contribution in [2.75, 3.05) is 25.3 Å². The Balaban J connectivity index is 1.24. The number of amides is 1. The predicted molar refractivity (Wildman–Crippen MR) is 158 cm³/mol. The lowest BCUT2D eigenvalue weighted by Crippen LogP contribution is -2.37. The van der Waals surface area contributed by atoms with Crippen LogP contribution in [-0.4, -0.2) is 42.3 Å². The van der Waals surface area contributed by atoms with Crippen LogP contribution in [0.4, 0.5) is 5.69 Å². The standard InChI is InChI=1S/C32H32N2O6S/c1-3-37-32-23(5-4-14-35)24(21-9-13-26-27(16-21)39-18-38-26)17-28(40-32)30(36)33-22-10-7-20(8-11-22)31-34-25-12-6-19(2)15-29(25)41-31/h6-13,15-17,23-24,32,35H,3-5,14,18H2,1-2H3,(H,33,36)/t23-,24+,32+/m0/s1. The molecule has 2 aliphatic rings. The van der Waals surface area contributed by atoms with E-state index in [-0.39, 0.29) is 36.9 Å². The van der Waals surface area contributed by atoms with Crippen molar-refractivity contribution >= 4 is 33.1 Å². The van der Waals surface area contributed by atoms with Gasteiger partial charge in [-0.15, -0.1) is 11.3 Å². The number of nitrogens with one attached hydrogen (secondary N) is 1. The number of carbonyl (C=O) groups is 1. The molecule has 2 aliphatic heterocycles. The molecule has 0 saturated carbocycles. The highest BCUT2D eigenvalue weighted by atomic mass is 32.1. The minimum atomic E-state index is -0.641. The number of hydrogen-bond donors (Lipinski definition) is 2. The molecule has 3 aromatic carbocycles. The maximum Gasteiger partial charge on any atom is 0.290 e. The van der Waals surface area contributed by atoms with Crippen LogP contribution in [0.15, 0.2) is 72.5 Å². The van der Waals surface area contributed by atoms with E-state index in [1.165, 1.54) is 5.56 Å². The lowest BCUT2D eigenvalue weighted by atomic mass is 9.80. The van der Waals surface area contributed by atoms with Gasteiger partial charge < -0.3 is 29.4 Å². The third-order valence-electron chi connectivity index (χ3n) is 7.35. The molecule has 212 valence electrons. The third kappa shape index (κ3) is 5.79. The van der Waals surface area contributed by atoms with E-state index in [9.17, 15) is 9.90 Å². The molecule has 0 bridgehead atoms. The van der Waals surface area contributed by atoms with Gasteiger partial charge in [-0.25, -0.2) is 4.98 Å². The van der Waals surface area contributed by atoms with Gasteiger partial charge in [0, 0.05) is 36.3 Å². The Morgan fingerprint density at radius 1 is 1.10 bits per heavy atom. The van der Waals surface area contributed by atoms with Gasteiger partial charge in [0.25, 0.3) is 5.91 Å². The molecule has 0 unspecified atom stereocenters. The molecule has 0 aliphatic carbocycles. The summed E-state index contributed by atoms with van der Waals surface area (Å²) in [6.45, 7) is 4.64. The van der Waals surface area contributed by atoms with Gasteiger partial charge in [0.1, 0.15) is 5.01 Å². The Morgan fingerprint density at radius 3 is 2.73 bits per heavy atom. The number of thiazole rings is 1. The third-order valence-corrected chi connectivity index (χ3v) is 8.42. The summed E-state index contributed by atoms with van der Waals surface area (Å²) in [6.07, 6.45) is 2.47. The molecule has 3 atom stereocenters. The molecule has 0 spiro atoms. The Labute approximate surface area is 242 Å². The summed E-state index contributed by atoms with van der Waals surface area (Å²) in [5.74, 6) is 0.912. The van der Waals surface area contributed by atoms with E-state index in [1.807, 2.05) is 61.5 Å². The number of carbonyl (C=O) groups excluding carboxylic acids is 1. The van der Waals surface area contributed by atoms with Gasteiger partial charge in [-0.2, -0.15) is 0 Å². The molecule has 8 nitrogen and oxygen atoms in total. The number of aliphatic hydroxyl groups is 1. The maximum absolute atomic E-state index is 13.5. The highest BCUT2D eigenvalue weighted by Crippen LogP contribution is 2.43. The number of ether oxygens (including phenoxy) is 4. The second-order valence-electron chi connectivity index (χ2n) is 10.2. The number of hydrogen-bond acceptors (Lipinski definition) is 8. The molecule has 4 aromatic rings. The van der Waals surface area contributed by atoms with Crippen LogP contribution < -0.4 is 14.8 Å². The predicted octanol–water partition coefficient (Wildman–Crippen LogP) is 6.39. The quantitative estimate of drug-likeness (QED) is 0.240. The molecule has 0 radical (unpaired) electrons. The number of nitrogens with zero attached hydrogens (tertiary/aromatic N) is 1. The minimum absolute atomic E-state index is 0.0624. The summed E-state index contributed by atoms with van der Waals surface area (Å²) in [5.41, 5.74) is 4.78. The molecule has 0 saturated heterocycles. The first-order chi connectivity index (χ1) is 20.0. The SMILES string of the molecule is CCO[C@@H]1OC(C(=O)Nc2ccc(-c3nc4ccc(C)cc4s3)cc2)=C[C@H](c2ccc3c(c2)OCO3)[C@@H]1CCCO. The van der Waals surface area contributed by atoms with Crippen LogP contribution in [0.5, 0.6) is 11.5 Å². The van der Waals surface area contributed by atoms with Crippen molar-refractivity contribution in [3.05, 3.63) is 83.6 Å². The fraction of sp³-hybridized carbons (Fsp3) is 0.312. The van der Waals surface area contributed by atoms with E-state index in [2.05, 4.69) is 24.4 Å². The van der Waals surface area contributed by atoms with Crippen molar-refractivity contribution in [1.29, 1.82) is 0 Å². The average Bonchev–Trinajstić information content (AvgIpc) is 3.63. The summed E-state index contributed by atoms with van der Waals surface area (Å²) in [4.78, 5) is 18.2. The molecule has 3 heterocycles. The van der Waals surface area contributed by atoms with Crippen LogP contribution in [0, 0.1) is 12.8 Å². The monoisotopic (exact) mass is 572 g/mol. The second kappa shape index (κ2) is 11.9. The Hall–Kier alpha value is -3.92. The van der Waals surface area contributed by atoms with E-state index in [1.54, 1.807) is 11.3 Å². The smallest absolute Gasteiger partial charge is 0.290 e. The van der Waals surface area contributed by atoms with Gasteiger partial charge >= 0.3 is 0 Å². The summed E-state index contributed by atoms with van der Waals surface area (Å²) in [5, 5.41) is 13.4. The molecular weight excluding hydrogens is 540 g/mol. The highest BCUT2D eigenvalue weighted by Gasteiger charge is 2.38. The van der Waals surface area contributed by atoms with E-state index in [0.29, 0.717) is 36.6 Å². The van der Waals surface area contributed by atoms with Gasteiger partial charge in [-0.1, -0.05) is 12.1 Å². The lowest BCUT2D eigenvalue weighted by Gasteiger charge is -2.37. The molecule has 6 rings (SSSR count). The van der Waals surface area contributed by atoms with Crippen molar-refractivity contribution < 1.29 is 28.8 Å². The molecule has 9 heteroatoms. The van der Waals surface area contributed by atoms with Gasteiger partial charge in [-0.05, 0) is 92.4 Å². The van der Waals surface area contributed by atoms with E-state index in [0.717, 1.165) is 26.4 Å². The molecule has 1 amide bonds. The van der Waals surface area contributed by atoms with Crippen LogP contribution in [0.2, 0.25) is 0 Å². The number of fused-ring (bicyclic) bond motifs is 2. The van der Waals surface area contributed by atoms with Gasteiger partial charge in [0.15, 0.2) is 17.3 Å². The number of anilines is 1. The molecule has 0 fully saturated rings. The van der Waals surface area contributed by atoms with Gasteiger partial charge in [0.05, 0.1) is 10.2 Å². The lowest BCUT2D eigenvalue weighted by molar-refractivity contribution is -0.165. The summed E-state index contributed by atoms with van der Waals surface area (Å²) >= 11 is 1.65. The molecular formula is C32H32N2O6S. The highest BCUT2D eigenvalue weighted by molar-refractivity contribution is 7.21. The zero-order chi connectivity index (χ0) is 28.3. The summed E-state index contributed by atoms with van der Waals surface area (Å²) in [7, 11) is 0. The van der Waals surface area contributed by atoms with E-state index in [4.69, 9.17) is 23.9 Å². The first-order valence-corrected chi connectivity index (χ1v) is 14.6.